The Morgan fingerprint density at radius 1 is 0.700 bits per heavy atom. The molecule has 0 radical (unpaired) electrons. The van der Waals surface area contributed by atoms with E-state index in [0.29, 0.717) is 5.82 Å². The average Bonchev–Trinajstić information content (AvgIpc) is 3.01. The molecule has 4 nitrogen and oxygen atoms in total. The Labute approximate surface area is 236 Å². The number of hydrogen-bond donors (Lipinski definition) is 2. The van der Waals surface area contributed by atoms with Gasteiger partial charge in [0.1, 0.15) is 0 Å². The highest BCUT2D eigenvalue weighted by Gasteiger charge is 2.12. The summed E-state index contributed by atoms with van der Waals surface area (Å²) in [7, 11) is 1.91. The van der Waals surface area contributed by atoms with Crippen molar-refractivity contribution in [1.29, 1.82) is 0 Å². The Hall–Kier alpha value is -5.22. The lowest BCUT2D eigenvalue weighted by Crippen LogP contribution is -2.03. The lowest BCUT2D eigenvalue weighted by Gasteiger charge is -2.12. The van der Waals surface area contributed by atoms with Crippen molar-refractivity contribution in [1.82, 2.24) is 15.3 Å². The maximum absolute atomic E-state index is 6.06. The van der Waals surface area contributed by atoms with Crippen molar-refractivity contribution >= 4 is 11.3 Å². The monoisotopic (exact) mass is 520 g/mol. The van der Waals surface area contributed by atoms with Crippen LogP contribution in [0.1, 0.15) is 12.5 Å². The second-order valence-corrected chi connectivity index (χ2v) is 9.49. The summed E-state index contributed by atoms with van der Waals surface area (Å²) in [6.07, 6.45) is 6.07. The maximum Gasteiger partial charge on any atom is 0.160 e. The molecule has 0 spiro atoms. The van der Waals surface area contributed by atoms with Crippen molar-refractivity contribution in [2.45, 2.75) is 6.92 Å². The van der Waals surface area contributed by atoms with Crippen molar-refractivity contribution in [3.8, 4) is 45.0 Å². The average molecular weight is 521 g/mol. The molecule has 5 aromatic rings. The second-order valence-electron chi connectivity index (χ2n) is 9.49. The predicted molar refractivity (Wildman–Crippen MR) is 169 cm³/mol. The highest BCUT2D eigenvalue weighted by Crippen LogP contribution is 2.31. The number of nitrogens with zero attached hydrogens (tertiary/aromatic N) is 2. The van der Waals surface area contributed by atoms with Gasteiger partial charge in [0.25, 0.3) is 0 Å². The first-order valence-corrected chi connectivity index (χ1v) is 13.3. The number of benzene rings is 4. The van der Waals surface area contributed by atoms with Gasteiger partial charge in [-0.05, 0) is 71.7 Å². The molecule has 4 heteroatoms. The van der Waals surface area contributed by atoms with Crippen molar-refractivity contribution in [2.24, 2.45) is 0 Å². The van der Waals surface area contributed by atoms with E-state index in [9.17, 15) is 0 Å². The van der Waals surface area contributed by atoms with Crippen LogP contribution in [0.2, 0.25) is 0 Å². The fourth-order valence-corrected chi connectivity index (χ4v) is 4.57. The van der Waals surface area contributed by atoms with Crippen LogP contribution in [0, 0.1) is 0 Å². The lowest BCUT2D eigenvalue weighted by atomic mass is 9.99. The predicted octanol–water partition coefficient (Wildman–Crippen LogP) is 8.42. The number of allylic oxidation sites excluding steroid dienone is 4. The minimum atomic E-state index is 0.678. The minimum absolute atomic E-state index is 0.678. The summed E-state index contributed by atoms with van der Waals surface area (Å²) < 4.78 is 0. The molecule has 40 heavy (non-hydrogen) atoms. The number of aromatic nitrogens is 2. The topological polar surface area (TPSA) is 63.8 Å². The van der Waals surface area contributed by atoms with E-state index in [1.807, 2.05) is 86.8 Å². The molecule has 5 rings (SSSR count). The van der Waals surface area contributed by atoms with Gasteiger partial charge in [-0.1, -0.05) is 91.5 Å². The summed E-state index contributed by atoms with van der Waals surface area (Å²) in [5.74, 6) is 0.678. The van der Waals surface area contributed by atoms with Crippen LogP contribution in [0.4, 0.5) is 5.69 Å². The molecule has 0 fully saturated rings. The number of nitrogens with two attached hydrogens (primary N) is 1. The lowest BCUT2D eigenvalue weighted by molar-refractivity contribution is 1.03. The Morgan fingerprint density at radius 3 is 1.98 bits per heavy atom. The van der Waals surface area contributed by atoms with Crippen LogP contribution >= 0.6 is 0 Å². The van der Waals surface area contributed by atoms with Crippen LogP contribution in [0.5, 0.6) is 0 Å². The normalized spacial score (nSPS) is 11.5. The fraction of sp³-hybridized carbons (Fsp3) is 0.0556. The van der Waals surface area contributed by atoms with E-state index in [2.05, 4.69) is 66.5 Å². The molecule has 0 aliphatic rings. The smallest absolute Gasteiger partial charge is 0.160 e. The van der Waals surface area contributed by atoms with Crippen LogP contribution < -0.4 is 11.1 Å². The number of likely N-dealkylation sites (N-methyl/N-ethyl adjacent to an activating group) is 1. The number of anilines is 1. The van der Waals surface area contributed by atoms with Crippen LogP contribution in [0.3, 0.4) is 0 Å². The standard InChI is InChI=1S/C36H32N4/c1-4-11-33(38-3)20-25(2)27-14-8-17-30(21-27)34-24-35(40-36(39-34)26-12-6-5-7-13-26)31-18-9-15-28(22-31)29-16-10-19-32(37)23-29/h4-24,38H,2,37H2,1,3H3/b11-4-,33-20+. The highest BCUT2D eigenvalue weighted by molar-refractivity contribution is 5.79. The molecule has 1 aromatic heterocycles. The third-order valence-corrected chi connectivity index (χ3v) is 6.63. The number of nitrogens with one attached hydrogen (secondary N) is 1. The number of nitrogen functional groups attached to an aromatic ring is 1. The van der Waals surface area contributed by atoms with Crippen LogP contribution in [0.15, 0.2) is 140 Å². The highest BCUT2D eigenvalue weighted by atomic mass is 14.9. The van der Waals surface area contributed by atoms with Gasteiger partial charge in [0, 0.05) is 35.1 Å². The largest absolute Gasteiger partial charge is 0.399 e. The first-order chi connectivity index (χ1) is 19.5. The minimum Gasteiger partial charge on any atom is -0.399 e. The molecule has 1 heterocycles. The molecule has 0 aliphatic carbocycles. The van der Waals surface area contributed by atoms with Crippen LogP contribution in [-0.2, 0) is 0 Å². The second kappa shape index (κ2) is 12.1. The summed E-state index contributed by atoms with van der Waals surface area (Å²) in [5.41, 5.74) is 16.5. The summed E-state index contributed by atoms with van der Waals surface area (Å²) in [6, 6.07) is 36.8. The van der Waals surface area contributed by atoms with Gasteiger partial charge in [-0.2, -0.15) is 0 Å². The van der Waals surface area contributed by atoms with Crippen molar-refractivity contribution in [3.05, 3.63) is 145 Å². The zero-order chi connectivity index (χ0) is 27.9. The maximum atomic E-state index is 6.06. The summed E-state index contributed by atoms with van der Waals surface area (Å²) in [4.78, 5) is 10.0. The summed E-state index contributed by atoms with van der Waals surface area (Å²) in [6.45, 7) is 6.31. The molecule has 3 N–H and O–H groups in total. The molecule has 0 atom stereocenters. The third-order valence-electron chi connectivity index (χ3n) is 6.63. The Kier molecular flexibility index (Phi) is 7.98. The van der Waals surface area contributed by atoms with Gasteiger partial charge in [-0.25, -0.2) is 9.97 Å². The molecule has 0 aliphatic heterocycles. The van der Waals surface area contributed by atoms with Crippen LogP contribution in [-0.4, -0.2) is 17.0 Å². The molecule has 0 unspecified atom stereocenters. The van der Waals surface area contributed by atoms with Gasteiger partial charge in [0.2, 0.25) is 0 Å². The van der Waals surface area contributed by atoms with E-state index in [1.165, 1.54) is 0 Å². The molecule has 4 aromatic carbocycles. The Morgan fingerprint density at radius 2 is 1.30 bits per heavy atom. The quantitative estimate of drug-likeness (QED) is 0.159. The van der Waals surface area contributed by atoms with Gasteiger partial charge in [-0.3, -0.25) is 0 Å². The van der Waals surface area contributed by atoms with Gasteiger partial charge >= 0.3 is 0 Å². The number of hydrogen-bond acceptors (Lipinski definition) is 4. The third kappa shape index (κ3) is 6.08. The van der Waals surface area contributed by atoms with E-state index in [4.69, 9.17) is 15.7 Å². The van der Waals surface area contributed by atoms with Gasteiger partial charge < -0.3 is 11.1 Å². The van der Waals surface area contributed by atoms with Crippen molar-refractivity contribution in [2.75, 3.05) is 12.8 Å². The van der Waals surface area contributed by atoms with E-state index >= 15 is 0 Å². The van der Waals surface area contributed by atoms with Gasteiger partial charge in [0.15, 0.2) is 5.82 Å². The van der Waals surface area contributed by atoms with Gasteiger partial charge in [-0.15, -0.1) is 0 Å². The molecular weight excluding hydrogens is 488 g/mol. The Balaban J connectivity index is 1.61. The molecule has 0 amide bonds. The van der Waals surface area contributed by atoms with Crippen molar-refractivity contribution in [3.63, 3.8) is 0 Å². The fourth-order valence-electron chi connectivity index (χ4n) is 4.57. The van der Waals surface area contributed by atoms with Crippen molar-refractivity contribution < 1.29 is 0 Å². The van der Waals surface area contributed by atoms with E-state index in [0.717, 1.165) is 61.7 Å². The molecular formula is C36H32N4. The molecule has 196 valence electrons. The zero-order valence-electron chi connectivity index (χ0n) is 22.8. The number of rotatable bonds is 8. The van der Waals surface area contributed by atoms with E-state index in [1.54, 1.807) is 0 Å². The molecule has 0 saturated carbocycles. The summed E-state index contributed by atoms with van der Waals surface area (Å²) >= 11 is 0. The first kappa shape index (κ1) is 26.4. The zero-order valence-corrected chi connectivity index (χ0v) is 22.8. The van der Waals surface area contributed by atoms with Gasteiger partial charge in [0.05, 0.1) is 11.4 Å². The Bertz CT molecular complexity index is 1710. The molecule has 0 saturated heterocycles. The van der Waals surface area contributed by atoms with E-state index < -0.39 is 0 Å². The SMILES string of the molecule is C=C(/C=C(\C=C/C)NC)c1cccc(-c2cc(-c3cccc(-c4cccc(N)c4)c3)nc(-c3ccccc3)n2)c1. The van der Waals surface area contributed by atoms with Crippen LogP contribution in [0.25, 0.3) is 50.6 Å². The first-order valence-electron chi connectivity index (χ1n) is 13.3. The summed E-state index contributed by atoms with van der Waals surface area (Å²) in [5, 5.41) is 3.21. The molecule has 0 bridgehead atoms. The van der Waals surface area contributed by atoms with E-state index in [-0.39, 0.29) is 0 Å².